The Morgan fingerprint density at radius 2 is 1.97 bits per heavy atom. The topological polar surface area (TPSA) is 65.8 Å². The van der Waals surface area contributed by atoms with Gasteiger partial charge in [0.05, 0.1) is 34.3 Å². The summed E-state index contributed by atoms with van der Waals surface area (Å²) in [7, 11) is -0.595. The molecule has 0 N–H and O–H groups in total. The molecule has 0 radical (unpaired) electrons. The van der Waals surface area contributed by atoms with Crippen LogP contribution >= 0.6 is 0 Å². The molecule has 4 heterocycles. The summed E-state index contributed by atoms with van der Waals surface area (Å²) in [6.45, 7) is 4.16. The van der Waals surface area contributed by atoms with Gasteiger partial charge in [0.15, 0.2) is 0 Å². The molecule has 2 bridgehead atoms. The summed E-state index contributed by atoms with van der Waals surface area (Å²) < 4.78 is 57.5. The highest BCUT2D eigenvalue weighted by atomic mass is 19.1. The van der Waals surface area contributed by atoms with Crippen molar-refractivity contribution >= 4 is 29.5 Å². The molecular formula is C25H27BFN3O4. The van der Waals surface area contributed by atoms with Crippen LogP contribution < -0.4 is 10.2 Å². The maximum absolute atomic E-state index is 13.6. The minimum absolute atomic E-state index is 0.184. The number of halogens is 1. The van der Waals surface area contributed by atoms with E-state index in [0.29, 0.717) is 16.9 Å². The zero-order chi connectivity index (χ0) is 26.5. The van der Waals surface area contributed by atoms with Gasteiger partial charge in [-0.05, 0) is 57.4 Å². The quantitative estimate of drug-likeness (QED) is 0.550. The molecule has 176 valence electrons. The first kappa shape index (κ1) is 18.4. The lowest BCUT2D eigenvalue weighted by Gasteiger charge is -2.32. The van der Waals surface area contributed by atoms with Crippen LogP contribution in [0.2, 0.25) is 0 Å². The molecule has 2 atom stereocenters. The third-order valence-corrected chi connectivity index (χ3v) is 7.69. The number of hydrogen-bond donors (Lipinski definition) is 0. The minimum Gasteiger partial charge on any atom is -0.463 e. The van der Waals surface area contributed by atoms with E-state index in [1.807, 2.05) is 50.5 Å². The van der Waals surface area contributed by atoms with Crippen molar-refractivity contribution in [3.63, 3.8) is 0 Å². The number of imidazole rings is 1. The maximum atomic E-state index is 13.6. The number of benzene rings is 2. The van der Waals surface area contributed by atoms with Gasteiger partial charge < -0.3 is 23.5 Å². The summed E-state index contributed by atoms with van der Waals surface area (Å²) in [5, 5.41) is 0. The summed E-state index contributed by atoms with van der Waals surface area (Å²) >= 11 is 0. The number of amides is 1. The number of ether oxygens (including phenoxy) is 1. The van der Waals surface area contributed by atoms with E-state index in [1.54, 1.807) is 18.2 Å². The average Bonchev–Trinajstić information content (AvgIpc) is 3.37. The second kappa shape index (κ2) is 7.05. The predicted octanol–water partition coefficient (Wildman–Crippen LogP) is 3.76. The van der Waals surface area contributed by atoms with Crippen molar-refractivity contribution in [3.05, 3.63) is 53.3 Å². The maximum Gasteiger partial charge on any atom is 0.494 e. The molecule has 34 heavy (non-hydrogen) atoms. The van der Waals surface area contributed by atoms with E-state index >= 15 is 0 Å². The van der Waals surface area contributed by atoms with E-state index in [0.717, 1.165) is 15.9 Å². The summed E-state index contributed by atoms with van der Waals surface area (Å²) in [6, 6.07) is 9.13. The Labute approximate surface area is 202 Å². The van der Waals surface area contributed by atoms with Crippen molar-refractivity contribution in [1.29, 1.82) is 0 Å². The van der Waals surface area contributed by atoms with E-state index in [-0.39, 0.29) is 17.7 Å². The van der Waals surface area contributed by atoms with Crippen LogP contribution in [0.1, 0.15) is 72.1 Å². The van der Waals surface area contributed by atoms with Gasteiger partial charge in [-0.2, -0.15) is 0 Å². The number of fused-ring (bicyclic) bond motifs is 9. The monoisotopic (exact) mass is 466 g/mol. The zero-order valence-corrected chi connectivity index (χ0v) is 19.5. The average molecular weight is 466 g/mol. The van der Waals surface area contributed by atoms with Crippen molar-refractivity contribution in [1.82, 2.24) is 14.5 Å². The van der Waals surface area contributed by atoms with Crippen molar-refractivity contribution in [2.75, 3.05) is 13.8 Å². The first-order chi connectivity index (χ1) is 17.3. The smallest absolute Gasteiger partial charge is 0.463 e. The van der Waals surface area contributed by atoms with Gasteiger partial charge in [0.2, 0.25) is 6.86 Å². The molecule has 7 nitrogen and oxygen atoms in total. The Morgan fingerprint density at radius 3 is 2.68 bits per heavy atom. The Hall–Kier alpha value is -2.91. The number of nitrogens with zero attached hydrogens (tertiary/aromatic N) is 3. The summed E-state index contributed by atoms with van der Waals surface area (Å²) in [5.74, 6) is 0.0283. The molecule has 1 fully saturated rings. The largest absolute Gasteiger partial charge is 0.494 e. The Morgan fingerprint density at radius 1 is 1.21 bits per heavy atom. The number of hydrogen-bond acceptors (Lipinski definition) is 5. The molecular weight excluding hydrogens is 436 g/mol. The zero-order valence-electron chi connectivity index (χ0n) is 22.5. The van der Waals surface area contributed by atoms with Crippen LogP contribution in [0.5, 0.6) is 5.75 Å². The van der Waals surface area contributed by atoms with Gasteiger partial charge in [-0.15, -0.1) is 0 Å². The van der Waals surface area contributed by atoms with Gasteiger partial charge in [-0.25, -0.2) is 9.37 Å². The van der Waals surface area contributed by atoms with Crippen LogP contribution in [0.25, 0.3) is 11.0 Å². The predicted molar refractivity (Wildman–Crippen MR) is 126 cm³/mol. The SMILES string of the molecule is [2H]C([2H])([2H])N1C(=O)c2cccc(OCF)c2[C@H]2C[C@@H]1c1nc3ccc(B4OC(C)(C)C(C)(C)O4)cc3n12. The van der Waals surface area contributed by atoms with Crippen LogP contribution in [0.15, 0.2) is 36.4 Å². The summed E-state index contributed by atoms with van der Waals surface area (Å²) in [4.78, 5) is 19.2. The second-order valence-electron chi connectivity index (χ2n) is 10.1. The summed E-state index contributed by atoms with van der Waals surface area (Å²) in [6.07, 6.45) is 0.281. The molecule has 1 saturated heterocycles. The molecule has 9 heteroatoms. The third kappa shape index (κ3) is 2.83. The number of alkyl halides is 1. The standard InChI is InChI=1S/C25H27BFN3O4/c1-24(2)25(3,4)34-26(33-24)14-9-10-16-17(11-14)30-18-12-19(22(30)28-16)29(5)23(31)15-7-6-8-20(21(15)18)32-13-27/h6-11,18-19H,12-13H2,1-5H3/t18-,19-/m1/s1/i5D3. The molecule has 0 spiro atoms. The highest BCUT2D eigenvalue weighted by Gasteiger charge is 2.52. The first-order valence-corrected chi connectivity index (χ1v) is 11.4. The van der Waals surface area contributed by atoms with Crippen molar-refractivity contribution in [3.8, 4) is 5.75 Å². The van der Waals surface area contributed by atoms with Gasteiger partial charge in [-0.3, -0.25) is 4.79 Å². The van der Waals surface area contributed by atoms with Crippen molar-refractivity contribution in [2.24, 2.45) is 0 Å². The van der Waals surface area contributed by atoms with Gasteiger partial charge in [0.25, 0.3) is 5.91 Å². The number of carbonyl (C=O) groups is 1. The van der Waals surface area contributed by atoms with E-state index in [4.69, 9.17) is 23.1 Å². The van der Waals surface area contributed by atoms with Crippen LogP contribution in [0.3, 0.4) is 0 Å². The van der Waals surface area contributed by atoms with Crippen LogP contribution in [0.4, 0.5) is 4.39 Å². The van der Waals surface area contributed by atoms with Gasteiger partial charge in [-0.1, -0.05) is 12.1 Å². The molecule has 1 amide bonds. The fourth-order valence-electron chi connectivity index (χ4n) is 5.24. The van der Waals surface area contributed by atoms with Crippen molar-refractivity contribution in [2.45, 2.75) is 57.4 Å². The molecule has 6 rings (SSSR count). The first-order valence-electron chi connectivity index (χ1n) is 12.9. The molecule has 3 aliphatic heterocycles. The fourth-order valence-corrected chi connectivity index (χ4v) is 5.24. The lowest BCUT2D eigenvalue weighted by atomic mass is 9.79. The second-order valence-corrected chi connectivity index (χ2v) is 10.1. The molecule has 0 unspecified atom stereocenters. The molecule has 1 aromatic heterocycles. The van der Waals surface area contributed by atoms with Gasteiger partial charge >= 0.3 is 7.12 Å². The van der Waals surface area contributed by atoms with E-state index < -0.39 is 50.1 Å². The Kier molecular flexibility index (Phi) is 3.82. The lowest BCUT2D eigenvalue weighted by molar-refractivity contribution is 0.00578. The molecule has 0 aliphatic carbocycles. The Balaban J connectivity index is 1.56. The lowest BCUT2D eigenvalue weighted by Crippen LogP contribution is -2.41. The third-order valence-electron chi connectivity index (χ3n) is 7.69. The van der Waals surface area contributed by atoms with E-state index in [1.165, 1.54) is 0 Å². The minimum atomic E-state index is -2.70. The van der Waals surface area contributed by atoms with Gasteiger partial charge in [0.1, 0.15) is 11.6 Å². The van der Waals surface area contributed by atoms with Crippen LogP contribution in [-0.4, -0.2) is 52.5 Å². The number of aromatic nitrogens is 2. The Bertz CT molecular complexity index is 1420. The molecule has 0 saturated carbocycles. The summed E-state index contributed by atoms with van der Waals surface area (Å²) in [5.41, 5.74) is 1.80. The van der Waals surface area contributed by atoms with Crippen molar-refractivity contribution < 1.29 is 27.3 Å². The van der Waals surface area contributed by atoms with Crippen LogP contribution in [0, 0.1) is 0 Å². The normalized spacial score (nSPS) is 26.0. The fraction of sp³-hybridized carbons (Fsp3) is 0.440. The van der Waals surface area contributed by atoms with Crippen LogP contribution in [-0.2, 0) is 9.31 Å². The highest BCUT2D eigenvalue weighted by Crippen LogP contribution is 2.49. The van der Waals surface area contributed by atoms with E-state index in [9.17, 15) is 9.18 Å². The van der Waals surface area contributed by atoms with Gasteiger partial charge in [0, 0.05) is 28.6 Å². The molecule has 2 aromatic carbocycles. The molecule has 3 aromatic rings. The van der Waals surface area contributed by atoms with E-state index in [2.05, 4.69) is 0 Å². The number of rotatable bonds is 3. The molecule has 3 aliphatic rings. The number of carbonyl (C=O) groups excluding carboxylic acids is 1. The highest BCUT2D eigenvalue weighted by molar-refractivity contribution is 6.62.